The van der Waals surface area contributed by atoms with Crippen LogP contribution >= 0.6 is 0 Å². The summed E-state index contributed by atoms with van der Waals surface area (Å²) in [6, 6.07) is 17.6. The van der Waals surface area contributed by atoms with E-state index < -0.39 is 11.5 Å². The lowest BCUT2D eigenvalue weighted by molar-refractivity contribution is -0.144. The number of carboxylic acid groups (broad SMARTS) is 1. The molecule has 3 heteroatoms. The van der Waals surface area contributed by atoms with Crippen LogP contribution < -0.4 is 5.73 Å². The maximum atomic E-state index is 11.5. The fourth-order valence-corrected chi connectivity index (χ4v) is 2.64. The van der Waals surface area contributed by atoms with Crippen LogP contribution in [0, 0.1) is 5.92 Å². The Morgan fingerprint density at radius 3 is 2.05 bits per heavy atom. The van der Waals surface area contributed by atoms with E-state index in [9.17, 15) is 9.90 Å². The molecule has 0 aliphatic heterocycles. The summed E-state index contributed by atoms with van der Waals surface area (Å²) in [4.78, 5) is 11.5. The van der Waals surface area contributed by atoms with Crippen molar-refractivity contribution in [2.45, 2.75) is 18.4 Å². The maximum absolute atomic E-state index is 11.5. The van der Waals surface area contributed by atoms with E-state index in [1.165, 1.54) is 0 Å². The van der Waals surface area contributed by atoms with Crippen molar-refractivity contribution in [1.82, 2.24) is 0 Å². The van der Waals surface area contributed by atoms with Gasteiger partial charge in [-0.2, -0.15) is 0 Å². The van der Waals surface area contributed by atoms with Crippen LogP contribution in [0.2, 0.25) is 0 Å². The highest BCUT2D eigenvalue weighted by Gasteiger charge is 2.49. The SMILES string of the molecule is NC(C(=O)O)(c1ccc(-c2ccccc2)cc1)C1CC1. The molecule has 0 bridgehead atoms. The number of nitrogens with two attached hydrogens (primary N) is 1. The number of carboxylic acids is 1. The van der Waals surface area contributed by atoms with Crippen LogP contribution in [0.15, 0.2) is 54.6 Å². The number of benzene rings is 2. The van der Waals surface area contributed by atoms with Gasteiger partial charge in [-0.1, -0.05) is 54.6 Å². The van der Waals surface area contributed by atoms with Crippen LogP contribution in [0.25, 0.3) is 11.1 Å². The second kappa shape index (κ2) is 4.76. The molecule has 1 saturated carbocycles. The van der Waals surface area contributed by atoms with Crippen molar-refractivity contribution in [3.8, 4) is 11.1 Å². The number of rotatable bonds is 4. The lowest BCUT2D eigenvalue weighted by Gasteiger charge is -2.25. The fraction of sp³-hybridized carbons (Fsp3) is 0.235. The van der Waals surface area contributed by atoms with Gasteiger partial charge < -0.3 is 10.8 Å². The minimum atomic E-state index is -1.24. The van der Waals surface area contributed by atoms with Gasteiger partial charge in [0.2, 0.25) is 0 Å². The minimum absolute atomic E-state index is 0.0579. The van der Waals surface area contributed by atoms with Crippen LogP contribution in [0.1, 0.15) is 18.4 Å². The van der Waals surface area contributed by atoms with Crippen LogP contribution in [-0.2, 0) is 10.3 Å². The predicted octanol–water partition coefficient (Wildman–Crippen LogP) is 3.00. The van der Waals surface area contributed by atoms with E-state index in [0.29, 0.717) is 5.56 Å². The fourth-order valence-electron chi connectivity index (χ4n) is 2.64. The molecule has 3 rings (SSSR count). The lowest BCUT2D eigenvalue weighted by atomic mass is 9.85. The quantitative estimate of drug-likeness (QED) is 0.895. The largest absolute Gasteiger partial charge is 0.480 e. The molecular weight excluding hydrogens is 250 g/mol. The molecule has 102 valence electrons. The van der Waals surface area contributed by atoms with Gasteiger partial charge in [0, 0.05) is 0 Å². The van der Waals surface area contributed by atoms with Crippen molar-refractivity contribution < 1.29 is 9.90 Å². The van der Waals surface area contributed by atoms with E-state index in [0.717, 1.165) is 24.0 Å². The van der Waals surface area contributed by atoms with Crippen LogP contribution in [-0.4, -0.2) is 11.1 Å². The Labute approximate surface area is 118 Å². The Morgan fingerprint density at radius 1 is 1.00 bits per heavy atom. The third-order valence-electron chi connectivity index (χ3n) is 4.04. The number of aliphatic carboxylic acids is 1. The molecule has 0 heterocycles. The monoisotopic (exact) mass is 267 g/mol. The number of hydrogen-bond acceptors (Lipinski definition) is 2. The normalized spacial score (nSPS) is 17.4. The van der Waals surface area contributed by atoms with Gasteiger partial charge in [-0.25, -0.2) is 4.79 Å². The summed E-state index contributed by atoms with van der Waals surface area (Å²) in [5.41, 5.74) is 7.78. The van der Waals surface area contributed by atoms with Crippen molar-refractivity contribution in [2.24, 2.45) is 11.7 Å². The van der Waals surface area contributed by atoms with E-state index in [1.807, 2.05) is 54.6 Å². The van der Waals surface area contributed by atoms with Gasteiger partial charge in [0.05, 0.1) is 0 Å². The molecule has 1 aliphatic rings. The summed E-state index contributed by atoms with van der Waals surface area (Å²) in [6.07, 6.45) is 1.78. The van der Waals surface area contributed by atoms with Crippen LogP contribution in [0.4, 0.5) is 0 Å². The molecule has 0 amide bonds. The summed E-state index contributed by atoms with van der Waals surface area (Å²) < 4.78 is 0. The molecule has 3 N–H and O–H groups in total. The Hall–Kier alpha value is -2.13. The third-order valence-corrected chi connectivity index (χ3v) is 4.04. The lowest BCUT2D eigenvalue weighted by Crippen LogP contribution is -2.46. The zero-order chi connectivity index (χ0) is 14.2. The van der Waals surface area contributed by atoms with Crippen LogP contribution in [0.5, 0.6) is 0 Å². The molecule has 0 saturated heterocycles. The van der Waals surface area contributed by atoms with E-state index >= 15 is 0 Å². The molecular formula is C17H17NO2. The van der Waals surface area contributed by atoms with Crippen molar-refractivity contribution in [3.63, 3.8) is 0 Å². The molecule has 1 aliphatic carbocycles. The topological polar surface area (TPSA) is 63.3 Å². The smallest absolute Gasteiger partial charge is 0.328 e. The summed E-state index contributed by atoms with van der Waals surface area (Å²) >= 11 is 0. The molecule has 1 unspecified atom stereocenters. The molecule has 0 spiro atoms. The second-order valence-electron chi connectivity index (χ2n) is 5.39. The van der Waals surface area contributed by atoms with E-state index in [4.69, 9.17) is 5.73 Å². The maximum Gasteiger partial charge on any atom is 0.328 e. The first kappa shape index (κ1) is 12.9. The van der Waals surface area contributed by atoms with Crippen molar-refractivity contribution in [2.75, 3.05) is 0 Å². The molecule has 1 fully saturated rings. The Balaban J connectivity index is 1.95. The molecule has 20 heavy (non-hydrogen) atoms. The Morgan fingerprint density at radius 2 is 1.55 bits per heavy atom. The summed E-state index contributed by atoms with van der Waals surface area (Å²) in [6.45, 7) is 0. The van der Waals surface area contributed by atoms with Gasteiger partial charge in [0.1, 0.15) is 5.54 Å². The minimum Gasteiger partial charge on any atom is -0.480 e. The first-order valence-electron chi connectivity index (χ1n) is 6.80. The zero-order valence-electron chi connectivity index (χ0n) is 11.1. The number of carbonyl (C=O) groups is 1. The summed E-state index contributed by atoms with van der Waals surface area (Å²) in [5, 5.41) is 9.46. The van der Waals surface area contributed by atoms with Gasteiger partial charge in [0.15, 0.2) is 0 Å². The zero-order valence-corrected chi connectivity index (χ0v) is 11.1. The van der Waals surface area contributed by atoms with E-state index in [-0.39, 0.29) is 5.92 Å². The first-order valence-corrected chi connectivity index (χ1v) is 6.80. The van der Waals surface area contributed by atoms with Gasteiger partial charge in [-0.15, -0.1) is 0 Å². The first-order chi connectivity index (χ1) is 9.62. The van der Waals surface area contributed by atoms with Gasteiger partial charge in [-0.3, -0.25) is 0 Å². The second-order valence-corrected chi connectivity index (χ2v) is 5.39. The highest BCUT2D eigenvalue weighted by atomic mass is 16.4. The van der Waals surface area contributed by atoms with E-state index in [2.05, 4.69) is 0 Å². The standard InChI is InChI=1S/C17H17NO2/c18-17(16(19)20,15-10-11-15)14-8-6-13(7-9-14)12-4-2-1-3-5-12/h1-9,15H,10-11,18H2,(H,19,20). The highest BCUT2D eigenvalue weighted by molar-refractivity contribution is 5.82. The summed E-state index contributed by atoms with van der Waals surface area (Å²) in [5.74, 6) is -0.880. The average Bonchev–Trinajstić information content (AvgIpc) is 3.32. The van der Waals surface area contributed by atoms with Crippen molar-refractivity contribution >= 4 is 5.97 Å². The predicted molar refractivity (Wildman–Crippen MR) is 78.1 cm³/mol. The Bertz CT molecular complexity index is 617. The Kier molecular flexibility index (Phi) is 3.07. The van der Waals surface area contributed by atoms with Gasteiger partial charge in [-0.05, 0) is 35.4 Å². The van der Waals surface area contributed by atoms with Gasteiger partial charge in [0.25, 0.3) is 0 Å². The number of hydrogen-bond donors (Lipinski definition) is 2. The summed E-state index contributed by atoms with van der Waals surface area (Å²) in [7, 11) is 0. The highest BCUT2D eigenvalue weighted by Crippen LogP contribution is 2.44. The van der Waals surface area contributed by atoms with Crippen molar-refractivity contribution in [1.29, 1.82) is 0 Å². The molecule has 2 aromatic carbocycles. The molecule has 2 aromatic rings. The molecule has 0 radical (unpaired) electrons. The van der Waals surface area contributed by atoms with Crippen LogP contribution in [0.3, 0.4) is 0 Å². The van der Waals surface area contributed by atoms with Gasteiger partial charge >= 0.3 is 5.97 Å². The van der Waals surface area contributed by atoms with Crippen molar-refractivity contribution in [3.05, 3.63) is 60.2 Å². The molecule has 0 aromatic heterocycles. The third kappa shape index (κ3) is 2.10. The van der Waals surface area contributed by atoms with E-state index in [1.54, 1.807) is 0 Å². The average molecular weight is 267 g/mol. The molecule has 1 atom stereocenters. The molecule has 3 nitrogen and oxygen atoms in total.